The Kier molecular flexibility index (Phi) is 3.23. The molecule has 0 aliphatic carbocycles. The minimum absolute atomic E-state index is 0.0926. The first-order valence-electron chi connectivity index (χ1n) is 5.79. The van der Waals surface area contributed by atoms with Crippen molar-refractivity contribution in [2.75, 3.05) is 18.0 Å². The number of halogens is 3. The van der Waals surface area contributed by atoms with E-state index in [1.165, 1.54) is 17.2 Å². The Morgan fingerprint density at radius 3 is 2.78 bits per heavy atom. The molecule has 1 N–H and O–H groups in total. The van der Waals surface area contributed by atoms with Crippen molar-refractivity contribution < 1.29 is 18.3 Å². The number of pyridine rings is 1. The Morgan fingerprint density at radius 1 is 1.44 bits per heavy atom. The molecule has 0 saturated carbocycles. The lowest BCUT2D eigenvalue weighted by molar-refractivity contribution is -0.137. The van der Waals surface area contributed by atoms with Crippen LogP contribution in [-0.2, 0) is 6.18 Å². The first-order chi connectivity index (χ1) is 8.30. The maximum Gasteiger partial charge on any atom is 0.419 e. The molecule has 1 aliphatic heterocycles. The molecule has 1 fully saturated rings. The summed E-state index contributed by atoms with van der Waals surface area (Å²) in [5, 5.41) is 9.95. The molecular formula is C12H15F3N2O. The molecule has 2 heterocycles. The molecule has 0 bridgehead atoms. The van der Waals surface area contributed by atoms with Gasteiger partial charge in [0.1, 0.15) is 5.82 Å². The van der Waals surface area contributed by atoms with Crippen molar-refractivity contribution in [2.45, 2.75) is 31.5 Å². The Labute approximate surface area is 103 Å². The molecule has 6 heteroatoms. The number of hydrogen-bond donors (Lipinski definition) is 1. The van der Waals surface area contributed by atoms with Gasteiger partial charge in [-0.2, -0.15) is 13.2 Å². The average molecular weight is 260 g/mol. The average Bonchev–Trinajstić information content (AvgIpc) is 2.26. The zero-order chi connectivity index (χ0) is 13.4. The third kappa shape index (κ3) is 2.75. The van der Waals surface area contributed by atoms with Crippen molar-refractivity contribution in [2.24, 2.45) is 0 Å². The summed E-state index contributed by atoms with van der Waals surface area (Å²) < 4.78 is 38.6. The van der Waals surface area contributed by atoms with Crippen LogP contribution < -0.4 is 4.90 Å². The van der Waals surface area contributed by atoms with E-state index in [9.17, 15) is 18.3 Å². The molecule has 0 aromatic carbocycles. The molecule has 0 spiro atoms. The van der Waals surface area contributed by atoms with Gasteiger partial charge in [-0.1, -0.05) is 0 Å². The summed E-state index contributed by atoms with van der Waals surface area (Å²) in [5.41, 5.74) is -1.71. The SMILES string of the molecule is CC1(O)CCCN(c2ncccc2C(F)(F)F)C1. The van der Waals surface area contributed by atoms with Crippen LogP contribution in [0.1, 0.15) is 25.3 Å². The molecular weight excluding hydrogens is 245 g/mol. The summed E-state index contributed by atoms with van der Waals surface area (Å²) in [7, 11) is 0. The Morgan fingerprint density at radius 2 is 2.17 bits per heavy atom. The van der Waals surface area contributed by atoms with Gasteiger partial charge in [0, 0.05) is 19.3 Å². The number of aromatic nitrogens is 1. The summed E-state index contributed by atoms with van der Waals surface area (Å²) >= 11 is 0. The quantitative estimate of drug-likeness (QED) is 0.842. The van der Waals surface area contributed by atoms with E-state index in [4.69, 9.17) is 0 Å². The Bertz CT molecular complexity index is 432. The van der Waals surface area contributed by atoms with E-state index in [0.29, 0.717) is 19.4 Å². The van der Waals surface area contributed by atoms with Crippen LogP contribution in [0.2, 0.25) is 0 Å². The van der Waals surface area contributed by atoms with Crippen molar-refractivity contribution in [3.8, 4) is 0 Å². The third-order valence-corrected chi connectivity index (χ3v) is 3.07. The smallest absolute Gasteiger partial charge is 0.388 e. The summed E-state index contributed by atoms with van der Waals surface area (Å²) in [4.78, 5) is 5.34. The first kappa shape index (κ1) is 13.1. The van der Waals surface area contributed by atoms with Gasteiger partial charge in [-0.15, -0.1) is 0 Å². The molecule has 1 saturated heterocycles. The van der Waals surface area contributed by atoms with E-state index in [1.54, 1.807) is 6.92 Å². The number of alkyl halides is 3. The molecule has 1 aromatic heterocycles. The molecule has 3 nitrogen and oxygen atoms in total. The number of nitrogens with zero attached hydrogens (tertiary/aromatic N) is 2. The lowest BCUT2D eigenvalue weighted by Gasteiger charge is -2.38. The Hall–Kier alpha value is -1.30. The number of rotatable bonds is 1. The van der Waals surface area contributed by atoms with E-state index < -0.39 is 17.3 Å². The standard InChI is InChI=1S/C12H15F3N2O/c1-11(18)5-3-7-17(8-11)10-9(12(13,14)15)4-2-6-16-10/h2,4,6,18H,3,5,7-8H2,1H3. The highest BCUT2D eigenvalue weighted by atomic mass is 19.4. The minimum atomic E-state index is -4.42. The second-order valence-electron chi connectivity index (χ2n) is 4.89. The molecule has 2 rings (SSSR count). The van der Waals surface area contributed by atoms with Crippen LogP contribution in [0.3, 0.4) is 0 Å². The predicted molar refractivity (Wildman–Crippen MR) is 61.3 cm³/mol. The van der Waals surface area contributed by atoms with Gasteiger partial charge in [-0.3, -0.25) is 0 Å². The number of anilines is 1. The van der Waals surface area contributed by atoms with Crippen LogP contribution in [0.5, 0.6) is 0 Å². The van der Waals surface area contributed by atoms with Crippen molar-refractivity contribution in [1.29, 1.82) is 0 Å². The second-order valence-corrected chi connectivity index (χ2v) is 4.89. The molecule has 0 radical (unpaired) electrons. The fourth-order valence-corrected chi connectivity index (χ4v) is 2.27. The van der Waals surface area contributed by atoms with E-state index in [-0.39, 0.29) is 12.4 Å². The monoisotopic (exact) mass is 260 g/mol. The predicted octanol–water partition coefficient (Wildman–Crippen LogP) is 2.45. The van der Waals surface area contributed by atoms with Gasteiger partial charge in [-0.05, 0) is 31.9 Å². The van der Waals surface area contributed by atoms with Crippen LogP contribution in [0.25, 0.3) is 0 Å². The molecule has 0 amide bonds. The van der Waals surface area contributed by atoms with Gasteiger partial charge in [0.25, 0.3) is 0 Å². The largest absolute Gasteiger partial charge is 0.419 e. The lowest BCUT2D eigenvalue weighted by Crippen LogP contribution is -2.47. The van der Waals surface area contributed by atoms with E-state index >= 15 is 0 Å². The number of β-amino-alcohol motifs (C(OH)–C–C–N with tert-alkyl or cyclic N) is 1. The van der Waals surface area contributed by atoms with Crippen molar-refractivity contribution in [1.82, 2.24) is 4.98 Å². The first-order valence-corrected chi connectivity index (χ1v) is 5.79. The van der Waals surface area contributed by atoms with Crippen LogP contribution in [0.4, 0.5) is 19.0 Å². The fraction of sp³-hybridized carbons (Fsp3) is 0.583. The summed E-state index contributed by atoms with van der Waals surface area (Å²) in [6.07, 6.45) is -1.83. The van der Waals surface area contributed by atoms with Crippen LogP contribution in [0, 0.1) is 0 Å². The highest BCUT2D eigenvalue weighted by Crippen LogP contribution is 2.36. The zero-order valence-electron chi connectivity index (χ0n) is 10.0. The third-order valence-electron chi connectivity index (χ3n) is 3.07. The molecule has 1 aromatic rings. The van der Waals surface area contributed by atoms with Crippen LogP contribution in [-0.4, -0.2) is 28.8 Å². The number of hydrogen-bond acceptors (Lipinski definition) is 3. The normalized spacial score (nSPS) is 25.3. The molecule has 18 heavy (non-hydrogen) atoms. The summed E-state index contributed by atoms with van der Waals surface area (Å²) in [6, 6.07) is 2.29. The maximum atomic E-state index is 12.9. The van der Waals surface area contributed by atoms with E-state index in [1.807, 2.05) is 0 Å². The summed E-state index contributed by atoms with van der Waals surface area (Å²) in [5.74, 6) is -0.0926. The Balaban J connectivity index is 2.33. The lowest BCUT2D eigenvalue weighted by atomic mass is 9.95. The van der Waals surface area contributed by atoms with Gasteiger partial charge >= 0.3 is 6.18 Å². The van der Waals surface area contributed by atoms with Gasteiger partial charge in [0.15, 0.2) is 0 Å². The molecule has 1 unspecified atom stereocenters. The van der Waals surface area contributed by atoms with Crippen molar-refractivity contribution in [3.63, 3.8) is 0 Å². The van der Waals surface area contributed by atoms with E-state index in [0.717, 1.165) is 6.07 Å². The van der Waals surface area contributed by atoms with Gasteiger partial charge in [-0.25, -0.2) is 4.98 Å². The highest BCUT2D eigenvalue weighted by Gasteiger charge is 2.38. The van der Waals surface area contributed by atoms with Gasteiger partial charge < -0.3 is 10.0 Å². The van der Waals surface area contributed by atoms with Crippen molar-refractivity contribution in [3.05, 3.63) is 23.9 Å². The molecule has 1 aliphatic rings. The second kappa shape index (κ2) is 4.42. The topological polar surface area (TPSA) is 36.4 Å². The maximum absolute atomic E-state index is 12.9. The zero-order valence-corrected chi connectivity index (χ0v) is 10.0. The molecule has 1 atom stereocenters. The van der Waals surface area contributed by atoms with Crippen LogP contribution >= 0.6 is 0 Å². The minimum Gasteiger partial charge on any atom is -0.388 e. The highest BCUT2D eigenvalue weighted by molar-refractivity contribution is 5.49. The van der Waals surface area contributed by atoms with E-state index in [2.05, 4.69) is 4.98 Å². The summed E-state index contributed by atoms with van der Waals surface area (Å²) in [6.45, 7) is 2.29. The van der Waals surface area contributed by atoms with Crippen molar-refractivity contribution >= 4 is 5.82 Å². The number of piperidine rings is 1. The molecule has 100 valence electrons. The van der Waals surface area contributed by atoms with Gasteiger partial charge in [0.2, 0.25) is 0 Å². The fourth-order valence-electron chi connectivity index (χ4n) is 2.27. The number of aliphatic hydroxyl groups is 1. The van der Waals surface area contributed by atoms with Gasteiger partial charge in [0.05, 0.1) is 11.2 Å². The van der Waals surface area contributed by atoms with Crippen LogP contribution in [0.15, 0.2) is 18.3 Å².